The molecule has 0 N–H and O–H groups in total. The summed E-state index contributed by atoms with van der Waals surface area (Å²) < 4.78 is 0. The molecule has 0 radical (unpaired) electrons. The number of nitrogens with zero attached hydrogens (tertiary/aromatic N) is 1. The summed E-state index contributed by atoms with van der Waals surface area (Å²) in [6.45, 7) is 3.02. The third kappa shape index (κ3) is 4.68. The predicted octanol–water partition coefficient (Wildman–Crippen LogP) is 4.08. The highest BCUT2D eigenvalue weighted by atomic mass is 16.1. The number of allylic oxidation sites excluding steroid dienone is 1. The van der Waals surface area contributed by atoms with E-state index in [1.54, 1.807) is 0 Å². The average molecular weight is 293 g/mol. The van der Waals surface area contributed by atoms with Crippen LogP contribution >= 0.6 is 0 Å². The zero-order valence-electron chi connectivity index (χ0n) is 13.5. The minimum atomic E-state index is 0.160. The molecule has 22 heavy (non-hydrogen) atoms. The van der Waals surface area contributed by atoms with Crippen molar-refractivity contribution in [3.8, 4) is 0 Å². The number of hydrogen-bond acceptors (Lipinski definition) is 2. The van der Waals surface area contributed by atoms with E-state index in [4.69, 9.17) is 0 Å². The minimum absolute atomic E-state index is 0.160. The summed E-state index contributed by atoms with van der Waals surface area (Å²) in [6.07, 6.45) is 2.65. The molecule has 0 amide bonds. The highest BCUT2D eigenvalue weighted by Gasteiger charge is 2.07. The van der Waals surface area contributed by atoms with Crippen LogP contribution in [0.25, 0.3) is 5.57 Å². The van der Waals surface area contributed by atoms with E-state index in [9.17, 15) is 4.79 Å². The van der Waals surface area contributed by atoms with Gasteiger partial charge >= 0.3 is 0 Å². The molecule has 0 spiro atoms. The maximum absolute atomic E-state index is 12.3. The van der Waals surface area contributed by atoms with Gasteiger partial charge in [-0.1, -0.05) is 60.7 Å². The first-order chi connectivity index (χ1) is 10.6. The lowest BCUT2D eigenvalue weighted by Crippen LogP contribution is -2.10. The van der Waals surface area contributed by atoms with Crippen molar-refractivity contribution in [2.24, 2.45) is 0 Å². The number of likely N-dealkylation sites (N-methyl/N-ethyl adjacent to an activating group) is 1. The maximum atomic E-state index is 12.3. The monoisotopic (exact) mass is 293 g/mol. The molecule has 0 bridgehead atoms. The van der Waals surface area contributed by atoms with Gasteiger partial charge in [-0.25, -0.2) is 0 Å². The lowest BCUT2D eigenvalue weighted by molar-refractivity contribution is 0.0993. The Hall–Kier alpha value is -2.19. The number of carbonyl (C=O) groups is 1. The molecule has 0 fully saturated rings. The van der Waals surface area contributed by atoms with Crippen LogP contribution in [0.5, 0.6) is 0 Å². The minimum Gasteiger partial charge on any atom is -0.306 e. The van der Waals surface area contributed by atoms with Crippen LogP contribution in [0.15, 0.2) is 60.7 Å². The molecule has 0 aliphatic heterocycles. The summed E-state index contributed by atoms with van der Waals surface area (Å²) >= 11 is 0. The second-order valence-corrected chi connectivity index (χ2v) is 5.81. The summed E-state index contributed by atoms with van der Waals surface area (Å²) in [4.78, 5) is 14.4. The van der Waals surface area contributed by atoms with Gasteiger partial charge in [0.25, 0.3) is 0 Å². The Bertz CT molecular complexity index is 639. The SMILES string of the molecule is C/C(=C\CN(C)C)c1ccc(C(=O)Cc2ccccc2)cc1. The smallest absolute Gasteiger partial charge is 0.167 e. The molecule has 0 unspecified atom stereocenters. The van der Waals surface area contributed by atoms with Crippen molar-refractivity contribution >= 4 is 11.4 Å². The van der Waals surface area contributed by atoms with Crippen molar-refractivity contribution < 1.29 is 4.79 Å². The van der Waals surface area contributed by atoms with Crippen LogP contribution in [-0.2, 0) is 6.42 Å². The van der Waals surface area contributed by atoms with Gasteiger partial charge in [-0.2, -0.15) is 0 Å². The Kier molecular flexibility index (Phi) is 5.68. The van der Waals surface area contributed by atoms with Gasteiger partial charge in [0.1, 0.15) is 0 Å². The van der Waals surface area contributed by atoms with E-state index in [2.05, 4.69) is 32.0 Å². The Morgan fingerprint density at radius 2 is 1.55 bits per heavy atom. The number of hydrogen-bond donors (Lipinski definition) is 0. The Morgan fingerprint density at radius 1 is 0.955 bits per heavy atom. The molecule has 0 aliphatic carbocycles. The van der Waals surface area contributed by atoms with Gasteiger partial charge in [-0.15, -0.1) is 0 Å². The molecule has 0 aliphatic rings. The summed E-state index contributed by atoms with van der Waals surface area (Å²) in [7, 11) is 4.10. The fourth-order valence-electron chi connectivity index (χ4n) is 2.24. The van der Waals surface area contributed by atoms with E-state index < -0.39 is 0 Å². The van der Waals surface area contributed by atoms with Gasteiger partial charge < -0.3 is 4.90 Å². The van der Waals surface area contributed by atoms with E-state index in [1.807, 2.05) is 54.6 Å². The molecular weight excluding hydrogens is 270 g/mol. The molecule has 0 atom stereocenters. The molecule has 2 aromatic carbocycles. The largest absolute Gasteiger partial charge is 0.306 e. The van der Waals surface area contributed by atoms with Crippen LogP contribution in [0, 0.1) is 0 Å². The first kappa shape index (κ1) is 16.2. The van der Waals surface area contributed by atoms with Crippen molar-refractivity contribution in [1.29, 1.82) is 0 Å². The first-order valence-corrected chi connectivity index (χ1v) is 7.55. The molecule has 0 aromatic heterocycles. The van der Waals surface area contributed by atoms with Crippen molar-refractivity contribution in [3.05, 3.63) is 77.4 Å². The molecule has 2 aromatic rings. The fourth-order valence-corrected chi connectivity index (χ4v) is 2.24. The Balaban J connectivity index is 2.05. The summed E-state index contributed by atoms with van der Waals surface area (Å²) in [5.74, 6) is 0.160. The Morgan fingerprint density at radius 3 is 2.14 bits per heavy atom. The number of ketones is 1. The van der Waals surface area contributed by atoms with Crippen molar-refractivity contribution in [3.63, 3.8) is 0 Å². The van der Waals surface area contributed by atoms with Gasteiger partial charge in [-0.05, 0) is 37.7 Å². The van der Waals surface area contributed by atoms with Gasteiger partial charge in [-0.3, -0.25) is 4.79 Å². The standard InChI is InChI=1S/C20H23NO/c1-16(13-14-21(2)3)18-9-11-19(12-10-18)20(22)15-17-7-5-4-6-8-17/h4-13H,14-15H2,1-3H3/b16-13+. The third-order valence-corrected chi connectivity index (χ3v) is 3.63. The highest BCUT2D eigenvalue weighted by molar-refractivity contribution is 5.97. The van der Waals surface area contributed by atoms with Crippen LogP contribution in [0.4, 0.5) is 0 Å². The molecule has 2 heteroatoms. The molecule has 0 saturated heterocycles. The van der Waals surface area contributed by atoms with Crippen molar-refractivity contribution in [2.75, 3.05) is 20.6 Å². The number of Topliss-reactive ketones (excluding diaryl/α,β-unsaturated/α-hetero) is 1. The van der Waals surface area contributed by atoms with Crippen LogP contribution < -0.4 is 0 Å². The normalized spacial score (nSPS) is 11.7. The van der Waals surface area contributed by atoms with Crippen LogP contribution in [-0.4, -0.2) is 31.3 Å². The van der Waals surface area contributed by atoms with Crippen molar-refractivity contribution in [2.45, 2.75) is 13.3 Å². The zero-order valence-corrected chi connectivity index (χ0v) is 13.5. The topological polar surface area (TPSA) is 20.3 Å². The lowest BCUT2D eigenvalue weighted by Gasteiger charge is -2.08. The first-order valence-electron chi connectivity index (χ1n) is 7.55. The van der Waals surface area contributed by atoms with Crippen molar-refractivity contribution in [1.82, 2.24) is 4.90 Å². The quantitative estimate of drug-likeness (QED) is 0.748. The molecule has 0 saturated carbocycles. The predicted molar refractivity (Wildman–Crippen MR) is 93.1 cm³/mol. The average Bonchev–Trinajstić information content (AvgIpc) is 2.53. The van der Waals surface area contributed by atoms with Crippen LogP contribution in [0.2, 0.25) is 0 Å². The molecule has 2 nitrogen and oxygen atoms in total. The van der Waals surface area contributed by atoms with E-state index in [1.165, 1.54) is 5.57 Å². The molecule has 2 rings (SSSR count). The molecular formula is C20H23NO. The van der Waals surface area contributed by atoms with Crippen LogP contribution in [0.3, 0.4) is 0 Å². The lowest BCUT2D eigenvalue weighted by atomic mass is 10.00. The Labute approximate surface area is 133 Å². The van der Waals surface area contributed by atoms with E-state index in [-0.39, 0.29) is 5.78 Å². The third-order valence-electron chi connectivity index (χ3n) is 3.63. The molecule has 114 valence electrons. The fraction of sp³-hybridized carbons (Fsp3) is 0.250. The second-order valence-electron chi connectivity index (χ2n) is 5.81. The van der Waals surface area contributed by atoms with Gasteiger partial charge in [0.15, 0.2) is 5.78 Å². The number of benzene rings is 2. The maximum Gasteiger partial charge on any atom is 0.167 e. The summed E-state index contributed by atoms with van der Waals surface area (Å²) in [6, 6.07) is 17.8. The summed E-state index contributed by atoms with van der Waals surface area (Å²) in [5, 5.41) is 0. The van der Waals surface area contributed by atoms with E-state index in [0.717, 1.165) is 23.2 Å². The zero-order chi connectivity index (χ0) is 15.9. The number of carbonyl (C=O) groups excluding carboxylic acids is 1. The van der Waals surface area contributed by atoms with Gasteiger partial charge in [0, 0.05) is 18.5 Å². The van der Waals surface area contributed by atoms with Crippen LogP contribution in [0.1, 0.15) is 28.4 Å². The van der Waals surface area contributed by atoms with Gasteiger partial charge in [0.05, 0.1) is 0 Å². The number of rotatable bonds is 6. The van der Waals surface area contributed by atoms with E-state index >= 15 is 0 Å². The van der Waals surface area contributed by atoms with Gasteiger partial charge in [0.2, 0.25) is 0 Å². The molecule has 0 heterocycles. The summed E-state index contributed by atoms with van der Waals surface area (Å²) in [5.41, 5.74) is 4.22. The van der Waals surface area contributed by atoms with E-state index in [0.29, 0.717) is 6.42 Å². The second kappa shape index (κ2) is 7.71. The highest BCUT2D eigenvalue weighted by Crippen LogP contribution is 2.16.